The van der Waals surface area contributed by atoms with Crippen molar-refractivity contribution in [2.45, 2.75) is 39.2 Å². The topological polar surface area (TPSA) is 85.3 Å². The highest BCUT2D eigenvalue weighted by Gasteiger charge is 2.45. The van der Waals surface area contributed by atoms with Crippen molar-refractivity contribution in [3.8, 4) is 11.5 Å². The Morgan fingerprint density at radius 2 is 1.68 bits per heavy atom. The van der Waals surface area contributed by atoms with E-state index >= 15 is 0 Å². The Balaban J connectivity index is 2.01. The molecule has 1 fully saturated rings. The number of hydrogen-bond acceptors (Lipinski definition) is 6. The molecule has 0 aliphatic carbocycles. The van der Waals surface area contributed by atoms with Crippen LogP contribution in [0.25, 0.3) is 5.76 Å². The second kappa shape index (κ2) is 12.2. The number of carbonyl (C=O) groups excluding carboxylic acids is 2. The van der Waals surface area contributed by atoms with E-state index in [0.717, 1.165) is 19.3 Å². The maximum absolute atomic E-state index is 13.1. The lowest BCUT2D eigenvalue weighted by atomic mass is 9.95. The number of aliphatic hydroxyl groups is 1. The van der Waals surface area contributed by atoms with Crippen molar-refractivity contribution in [2.24, 2.45) is 0 Å². The Kier molecular flexibility index (Phi) is 9.10. The fraction of sp³-hybridized carbons (Fsp3) is 0.407. The van der Waals surface area contributed by atoms with Crippen LogP contribution in [0.15, 0.2) is 54.1 Å². The standard InChI is InChI=1S/C27H33NO6/c1-4-6-16-34-21-12-10-19(11-13-21)24-23(26(30)27(31)28(24)14-17-32-3)25(29)20-8-7-9-22(18-20)33-15-5-2/h7-13,18,24,29H,4-6,14-17H2,1-3H3. The number of hydrogen-bond donors (Lipinski definition) is 1. The Hall–Kier alpha value is -3.32. The number of amides is 1. The highest BCUT2D eigenvalue weighted by atomic mass is 16.5. The van der Waals surface area contributed by atoms with Crippen LogP contribution >= 0.6 is 0 Å². The van der Waals surface area contributed by atoms with Gasteiger partial charge in [0.1, 0.15) is 17.3 Å². The average Bonchev–Trinajstić information content (AvgIpc) is 3.11. The Morgan fingerprint density at radius 3 is 2.35 bits per heavy atom. The molecule has 182 valence electrons. The van der Waals surface area contributed by atoms with Gasteiger partial charge in [0.15, 0.2) is 0 Å². The molecule has 2 aromatic rings. The summed E-state index contributed by atoms with van der Waals surface area (Å²) in [4.78, 5) is 27.4. The maximum Gasteiger partial charge on any atom is 0.295 e. The van der Waals surface area contributed by atoms with Crippen LogP contribution in [0.5, 0.6) is 11.5 Å². The molecular formula is C27H33NO6. The van der Waals surface area contributed by atoms with E-state index in [0.29, 0.717) is 35.8 Å². The molecular weight excluding hydrogens is 434 g/mol. The summed E-state index contributed by atoms with van der Waals surface area (Å²) >= 11 is 0. The van der Waals surface area contributed by atoms with E-state index in [-0.39, 0.29) is 24.5 Å². The zero-order chi connectivity index (χ0) is 24.5. The van der Waals surface area contributed by atoms with Gasteiger partial charge in [0.2, 0.25) is 0 Å². The lowest BCUT2D eigenvalue weighted by molar-refractivity contribution is -0.140. The molecule has 0 spiro atoms. The molecule has 7 nitrogen and oxygen atoms in total. The number of methoxy groups -OCH3 is 1. The van der Waals surface area contributed by atoms with E-state index in [4.69, 9.17) is 14.2 Å². The predicted octanol–water partition coefficient (Wildman–Crippen LogP) is 4.72. The van der Waals surface area contributed by atoms with Crippen molar-refractivity contribution in [2.75, 3.05) is 33.5 Å². The summed E-state index contributed by atoms with van der Waals surface area (Å²) in [5.74, 6) is -0.308. The van der Waals surface area contributed by atoms with Gasteiger partial charge in [-0.1, -0.05) is 44.5 Å². The van der Waals surface area contributed by atoms with Gasteiger partial charge in [0.05, 0.1) is 31.4 Å². The summed E-state index contributed by atoms with van der Waals surface area (Å²) in [6.07, 6.45) is 2.84. The van der Waals surface area contributed by atoms with Gasteiger partial charge in [-0.25, -0.2) is 0 Å². The second-order valence-corrected chi connectivity index (χ2v) is 8.13. The lowest BCUT2D eigenvalue weighted by Crippen LogP contribution is -2.32. The molecule has 1 saturated heterocycles. The van der Waals surface area contributed by atoms with Crippen LogP contribution in [0.3, 0.4) is 0 Å². The van der Waals surface area contributed by atoms with Crippen molar-refractivity contribution < 1.29 is 28.9 Å². The van der Waals surface area contributed by atoms with Crippen LogP contribution < -0.4 is 9.47 Å². The van der Waals surface area contributed by atoms with Gasteiger partial charge in [-0.15, -0.1) is 0 Å². The third-order valence-corrected chi connectivity index (χ3v) is 5.62. The van der Waals surface area contributed by atoms with Gasteiger partial charge in [-0.05, 0) is 42.7 Å². The Morgan fingerprint density at radius 1 is 0.941 bits per heavy atom. The second-order valence-electron chi connectivity index (χ2n) is 8.13. The van der Waals surface area contributed by atoms with E-state index < -0.39 is 17.7 Å². The van der Waals surface area contributed by atoms with E-state index in [9.17, 15) is 14.7 Å². The van der Waals surface area contributed by atoms with Gasteiger partial charge >= 0.3 is 0 Å². The number of ether oxygens (including phenoxy) is 3. The first-order valence-corrected chi connectivity index (χ1v) is 11.7. The fourth-order valence-electron chi connectivity index (χ4n) is 3.84. The van der Waals surface area contributed by atoms with Gasteiger partial charge in [0, 0.05) is 19.2 Å². The molecule has 1 atom stereocenters. The van der Waals surface area contributed by atoms with Crippen molar-refractivity contribution in [1.29, 1.82) is 0 Å². The van der Waals surface area contributed by atoms with Crippen molar-refractivity contribution in [3.63, 3.8) is 0 Å². The summed E-state index contributed by atoms with van der Waals surface area (Å²) in [5.41, 5.74) is 1.18. The third kappa shape index (κ3) is 5.78. The Bertz CT molecular complexity index is 1010. The lowest BCUT2D eigenvalue weighted by Gasteiger charge is -2.25. The molecule has 1 unspecified atom stereocenters. The van der Waals surface area contributed by atoms with Crippen LogP contribution in [0.1, 0.15) is 50.3 Å². The highest BCUT2D eigenvalue weighted by molar-refractivity contribution is 6.46. The number of aliphatic hydroxyl groups excluding tert-OH is 1. The summed E-state index contributed by atoms with van der Waals surface area (Å²) in [5, 5.41) is 11.2. The van der Waals surface area contributed by atoms with Crippen LogP contribution in [-0.2, 0) is 14.3 Å². The number of ketones is 1. The van der Waals surface area contributed by atoms with Gasteiger partial charge < -0.3 is 24.2 Å². The molecule has 0 radical (unpaired) electrons. The first kappa shape index (κ1) is 25.3. The van der Waals surface area contributed by atoms with Gasteiger partial charge in [0.25, 0.3) is 11.7 Å². The summed E-state index contributed by atoms with van der Waals surface area (Å²) in [6, 6.07) is 13.5. The van der Waals surface area contributed by atoms with Gasteiger partial charge in [-0.3, -0.25) is 9.59 Å². The van der Waals surface area contributed by atoms with Crippen molar-refractivity contribution in [3.05, 3.63) is 65.2 Å². The summed E-state index contributed by atoms with van der Waals surface area (Å²) < 4.78 is 16.6. The minimum Gasteiger partial charge on any atom is -0.507 e. The molecule has 1 N–H and O–H groups in total. The molecule has 34 heavy (non-hydrogen) atoms. The smallest absolute Gasteiger partial charge is 0.295 e. The molecule has 3 rings (SSSR count). The normalized spacial score (nSPS) is 17.3. The van der Waals surface area contributed by atoms with Crippen LogP contribution in [-0.4, -0.2) is 55.2 Å². The zero-order valence-corrected chi connectivity index (χ0v) is 20.1. The van der Waals surface area contributed by atoms with Gasteiger partial charge in [-0.2, -0.15) is 0 Å². The first-order chi connectivity index (χ1) is 16.5. The molecule has 0 bridgehead atoms. The molecule has 2 aromatic carbocycles. The third-order valence-electron chi connectivity index (χ3n) is 5.62. The molecule has 1 amide bonds. The van der Waals surface area contributed by atoms with E-state index in [2.05, 4.69) is 6.92 Å². The van der Waals surface area contributed by atoms with Crippen LogP contribution in [0.4, 0.5) is 0 Å². The number of unbranched alkanes of at least 4 members (excludes halogenated alkanes) is 1. The maximum atomic E-state index is 13.1. The van der Waals surface area contributed by atoms with E-state index in [1.165, 1.54) is 12.0 Å². The molecule has 7 heteroatoms. The summed E-state index contributed by atoms with van der Waals surface area (Å²) in [6.45, 7) is 5.75. The van der Waals surface area contributed by atoms with Crippen LogP contribution in [0.2, 0.25) is 0 Å². The summed E-state index contributed by atoms with van der Waals surface area (Å²) in [7, 11) is 1.54. The molecule has 0 aromatic heterocycles. The molecule has 0 saturated carbocycles. The highest BCUT2D eigenvalue weighted by Crippen LogP contribution is 2.40. The van der Waals surface area contributed by atoms with E-state index in [1.54, 1.807) is 24.3 Å². The minimum atomic E-state index is -0.736. The van der Waals surface area contributed by atoms with E-state index in [1.807, 2.05) is 31.2 Å². The zero-order valence-electron chi connectivity index (χ0n) is 20.1. The van der Waals surface area contributed by atoms with Crippen molar-refractivity contribution >= 4 is 17.4 Å². The molecule has 1 aliphatic rings. The monoisotopic (exact) mass is 467 g/mol. The number of nitrogens with zero attached hydrogens (tertiary/aromatic N) is 1. The number of rotatable bonds is 12. The number of Topliss-reactive ketones (excluding diaryl/α,β-unsaturated/α-hetero) is 1. The minimum absolute atomic E-state index is 0.0494. The predicted molar refractivity (Wildman–Crippen MR) is 130 cm³/mol. The fourth-order valence-corrected chi connectivity index (χ4v) is 3.84. The van der Waals surface area contributed by atoms with Crippen molar-refractivity contribution in [1.82, 2.24) is 4.90 Å². The average molecular weight is 468 g/mol. The quantitative estimate of drug-likeness (QED) is 0.210. The number of carbonyl (C=O) groups is 2. The van der Waals surface area contributed by atoms with Crippen LogP contribution in [0, 0.1) is 0 Å². The number of benzene rings is 2. The molecule has 1 aliphatic heterocycles. The SMILES string of the molecule is CCCCOc1ccc(C2C(=C(O)c3cccc(OCCC)c3)C(=O)C(=O)N2CCOC)cc1. The number of likely N-dealkylation sites (tertiary alicyclic amines) is 1. The first-order valence-electron chi connectivity index (χ1n) is 11.7. The molecule has 1 heterocycles. The Labute approximate surface area is 200 Å². The largest absolute Gasteiger partial charge is 0.507 e.